The molecule has 2 bridgehead atoms. The van der Waals surface area contributed by atoms with Crippen LogP contribution in [0.5, 0.6) is 5.75 Å². The van der Waals surface area contributed by atoms with Gasteiger partial charge in [-0.15, -0.1) is 0 Å². The van der Waals surface area contributed by atoms with E-state index < -0.39 is 0 Å². The topological polar surface area (TPSA) is 64.8 Å². The fourth-order valence-corrected chi connectivity index (χ4v) is 3.79. The van der Waals surface area contributed by atoms with Crippen molar-refractivity contribution in [1.29, 1.82) is 0 Å². The van der Waals surface area contributed by atoms with Crippen molar-refractivity contribution in [3.05, 3.63) is 29.8 Å². The van der Waals surface area contributed by atoms with Gasteiger partial charge in [-0.25, -0.2) is 0 Å². The Bertz CT molecular complexity index is 532. The average molecular weight is 318 g/mol. The summed E-state index contributed by atoms with van der Waals surface area (Å²) in [5.41, 5.74) is 6.74. The number of carbonyl (C=O) groups is 1. The zero-order valence-corrected chi connectivity index (χ0v) is 13.7. The molecule has 2 aliphatic rings. The van der Waals surface area contributed by atoms with Crippen LogP contribution < -0.4 is 10.5 Å². The third-order valence-corrected chi connectivity index (χ3v) is 4.95. The normalized spacial score (nSPS) is 27.0. The molecule has 3 atom stereocenters. The Hall–Kier alpha value is -1.59. The van der Waals surface area contributed by atoms with Gasteiger partial charge in [-0.3, -0.25) is 9.69 Å². The minimum atomic E-state index is -0.116. The van der Waals surface area contributed by atoms with E-state index in [1.807, 2.05) is 31.2 Å². The third kappa shape index (κ3) is 3.85. The molecule has 0 aromatic heterocycles. The second-order valence-corrected chi connectivity index (χ2v) is 6.47. The van der Waals surface area contributed by atoms with Crippen LogP contribution >= 0.6 is 0 Å². The van der Waals surface area contributed by atoms with Crippen molar-refractivity contribution in [2.24, 2.45) is 11.7 Å². The summed E-state index contributed by atoms with van der Waals surface area (Å²) in [6.07, 6.45) is 3.49. The quantitative estimate of drug-likeness (QED) is 0.812. The Morgan fingerprint density at radius 1 is 1.30 bits per heavy atom. The van der Waals surface area contributed by atoms with Crippen molar-refractivity contribution in [2.75, 3.05) is 19.7 Å². The zero-order chi connectivity index (χ0) is 16.2. The number of nitrogens with zero attached hydrogens (tertiary/aromatic N) is 1. The highest BCUT2D eigenvalue weighted by Gasteiger charge is 2.42. The lowest BCUT2D eigenvalue weighted by atomic mass is 9.87. The first-order valence-corrected chi connectivity index (χ1v) is 8.55. The van der Waals surface area contributed by atoms with Gasteiger partial charge < -0.3 is 15.2 Å². The third-order valence-electron chi connectivity index (χ3n) is 4.95. The molecule has 1 aliphatic carbocycles. The summed E-state index contributed by atoms with van der Waals surface area (Å²) in [7, 11) is 0. The SMILES string of the molecule is CCOC(=O)CN1CC2CC1CCC2Oc1ccc(CN)cc1. The van der Waals surface area contributed by atoms with Crippen LogP contribution in [-0.2, 0) is 16.1 Å². The Balaban J connectivity index is 1.56. The Morgan fingerprint density at radius 2 is 2.09 bits per heavy atom. The first-order chi connectivity index (χ1) is 11.2. The zero-order valence-electron chi connectivity index (χ0n) is 13.7. The molecule has 3 rings (SSSR count). The molecule has 1 heterocycles. The van der Waals surface area contributed by atoms with Gasteiger partial charge in [0, 0.05) is 25.0 Å². The maximum Gasteiger partial charge on any atom is 0.320 e. The largest absolute Gasteiger partial charge is 0.490 e. The maximum atomic E-state index is 11.7. The molecule has 1 saturated heterocycles. The molecule has 1 aromatic rings. The number of hydrogen-bond donors (Lipinski definition) is 1. The second kappa shape index (κ2) is 7.32. The van der Waals surface area contributed by atoms with E-state index in [9.17, 15) is 4.79 Å². The predicted octanol–water partition coefficient (Wildman–Crippen LogP) is 1.94. The highest BCUT2D eigenvalue weighted by atomic mass is 16.5. The molecule has 5 heteroatoms. The van der Waals surface area contributed by atoms with Gasteiger partial charge in [0.2, 0.25) is 0 Å². The van der Waals surface area contributed by atoms with Crippen molar-refractivity contribution in [3.8, 4) is 5.75 Å². The van der Waals surface area contributed by atoms with E-state index in [0.717, 1.165) is 37.1 Å². The highest BCUT2D eigenvalue weighted by Crippen LogP contribution is 2.37. The lowest BCUT2D eigenvalue weighted by Gasteiger charge is -2.29. The monoisotopic (exact) mass is 318 g/mol. The standard InChI is InChI=1S/C18H26N2O3/c1-2-22-18(21)12-20-11-14-9-15(20)5-8-17(14)23-16-6-3-13(10-19)4-7-16/h3-4,6-7,14-15,17H,2,5,8-12,19H2,1H3. The fourth-order valence-electron chi connectivity index (χ4n) is 3.79. The van der Waals surface area contributed by atoms with E-state index >= 15 is 0 Å². The molecule has 126 valence electrons. The number of carbonyl (C=O) groups excluding carboxylic acids is 1. The van der Waals surface area contributed by atoms with Crippen LogP contribution in [0.1, 0.15) is 31.7 Å². The highest BCUT2D eigenvalue weighted by molar-refractivity contribution is 5.71. The van der Waals surface area contributed by atoms with Crippen LogP contribution in [-0.4, -0.2) is 42.7 Å². The number of ether oxygens (including phenoxy) is 2. The van der Waals surface area contributed by atoms with Crippen LogP contribution in [0.2, 0.25) is 0 Å². The number of rotatable bonds is 6. The van der Waals surface area contributed by atoms with Crippen molar-refractivity contribution >= 4 is 5.97 Å². The second-order valence-electron chi connectivity index (χ2n) is 6.47. The van der Waals surface area contributed by atoms with Gasteiger partial charge in [0.15, 0.2) is 0 Å². The molecular weight excluding hydrogens is 292 g/mol. The maximum absolute atomic E-state index is 11.7. The van der Waals surface area contributed by atoms with Crippen LogP contribution in [0.15, 0.2) is 24.3 Å². The molecule has 2 N–H and O–H groups in total. The number of benzene rings is 1. The van der Waals surface area contributed by atoms with Crippen LogP contribution in [0.25, 0.3) is 0 Å². The molecule has 0 radical (unpaired) electrons. The summed E-state index contributed by atoms with van der Waals surface area (Å²) < 4.78 is 11.3. The average Bonchev–Trinajstić information content (AvgIpc) is 2.88. The summed E-state index contributed by atoms with van der Waals surface area (Å²) >= 11 is 0. The van der Waals surface area contributed by atoms with Gasteiger partial charge in [-0.1, -0.05) is 12.1 Å². The summed E-state index contributed by atoms with van der Waals surface area (Å²) in [4.78, 5) is 14.0. The van der Waals surface area contributed by atoms with Crippen LogP contribution in [0.3, 0.4) is 0 Å². The molecule has 2 fully saturated rings. The summed E-state index contributed by atoms with van der Waals surface area (Å²) in [5.74, 6) is 1.29. The fraction of sp³-hybridized carbons (Fsp3) is 0.611. The predicted molar refractivity (Wildman–Crippen MR) is 88.1 cm³/mol. The van der Waals surface area contributed by atoms with Gasteiger partial charge in [-0.2, -0.15) is 0 Å². The number of esters is 1. The molecule has 1 aromatic carbocycles. The lowest BCUT2D eigenvalue weighted by molar-refractivity contribution is -0.144. The van der Waals surface area contributed by atoms with Crippen molar-refractivity contribution < 1.29 is 14.3 Å². The Morgan fingerprint density at radius 3 is 2.78 bits per heavy atom. The van der Waals surface area contributed by atoms with Gasteiger partial charge in [0.05, 0.1) is 13.2 Å². The summed E-state index contributed by atoms with van der Waals surface area (Å²) in [6.45, 7) is 4.18. The van der Waals surface area contributed by atoms with E-state index in [1.54, 1.807) is 0 Å². The van der Waals surface area contributed by atoms with E-state index in [-0.39, 0.29) is 12.1 Å². The summed E-state index contributed by atoms with van der Waals surface area (Å²) in [5, 5.41) is 0. The van der Waals surface area contributed by atoms with Gasteiger partial charge in [0.1, 0.15) is 11.9 Å². The van der Waals surface area contributed by atoms with Gasteiger partial charge in [-0.05, 0) is 43.9 Å². The van der Waals surface area contributed by atoms with Crippen molar-refractivity contribution in [1.82, 2.24) is 4.90 Å². The smallest absolute Gasteiger partial charge is 0.320 e. The number of nitrogens with two attached hydrogens (primary N) is 1. The van der Waals surface area contributed by atoms with E-state index in [0.29, 0.717) is 31.7 Å². The van der Waals surface area contributed by atoms with Gasteiger partial charge in [0.25, 0.3) is 0 Å². The molecule has 0 spiro atoms. The van der Waals surface area contributed by atoms with E-state index in [1.165, 1.54) is 0 Å². The molecule has 23 heavy (non-hydrogen) atoms. The minimum Gasteiger partial charge on any atom is -0.490 e. The molecule has 5 nitrogen and oxygen atoms in total. The molecule has 1 aliphatic heterocycles. The molecule has 1 saturated carbocycles. The number of likely N-dealkylation sites (tertiary alicyclic amines) is 1. The van der Waals surface area contributed by atoms with Crippen molar-refractivity contribution in [3.63, 3.8) is 0 Å². The van der Waals surface area contributed by atoms with E-state index in [2.05, 4.69) is 4.90 Å². The Kier molecular flexibility index (Phi) is 5.18. The summed E-state index contributed by atoms with van der Waals surface area (Å²) in [6, 6.07) is 8.54. The first-order valence-electron chi connectivity index (χ1n) is 8.55. The lowest BCUT2D eigenvalue weighted by Crippen LogP contribution is -2.35. The van der Waals surface area contributed by atoms with Crippen LogP contribution in [0, 0.1) is 5.92 Å². The van der Waals surface area contributed by atoms with Gasteiger partial charge >= 0.3 is 5.97 Å². The van der Waals surface area contributed by atoms with Crippen LogP contribution in [0.4, 0.5) is 0 Å². The number of hydrogen-bond acceptors (Lipinski definition) is 5. The molecule has 3 unspecified atom stereocenters. The number of fused-ring (bicyclic) bond motifs is 2. The van der Waals surface area contributed by atoms with E-state index in [4.69, 9.17) is 15.2 Å². The minimum absolute atomic E-state index is 0.116. The first kappa shape index (κ1) is 16.3. The molecular formula is C18H26N2O3. The Labute approximate surface area is 137 Å². The van der Waals surface area contributed by atoms with Crippen molar-refractivity contribution in [2.45, 2.75) is 44.9 Å². The molecule has 0 amide bonds.